The molecule has 0 atom stereocenters. The first kappa shape index (κ1) is 36.0. The fraction of sp³-hybridized carbons (Fsp3) is 0.0192. The molecule has 10 rings (SSSR count). The van der Waals surface area contributed by atoms with Crippen LogP contribution in [0, 0.1) is 29.2 Å². The molecule has 60 heavy (non-hydrogen) atoms. The molecule has 0 N–H and O–H groups in total. The average molecular weight is 780 g/mol. The van der Waals surface area contributed by atoms with Gasteiger partial charge in [-0.25, -0.2) is 4.85 Å². The zero-order chi connectivity index (χ0) is 41.1. The molecule has 0 aliphatic carbocycles. The van der Waals surface area contributed by atoms with E-state index in [0.29, 0.717) is 28.2 Å². The van der Waals surface area contributed by atoms with E-state index >= 15 is 13.2 Å². The number of benzene rings is 8. The van der Waals surface area contributed by atoms with Gasteiger partial charge in [-0.2, -0.15) is 23.7 Å². The molecule has 0 aliphatic rings. The summed E-state index contributed by atoms with van der Waals surface area (Å²) >= 11 is 0. The van der Waals surface area contributed by atoms with Crippen LogP contribution in [0.1, 0.15) is 16.7 Å². The normalized spacial score (nSPS) is 11.5. The molecule has 8 aromatic carbocycles. The van der Waals surface area contributed by atoms with Gasteiger partial charge in [0, 0.05) is 27.1 Å². The molecule has 8 heteroatoms. The van der Waals surface area contributed by atoms with Crippen LogP contribution >= 0.6 is 0 Å². The van der Waals surface area contributed by atoms with Crippen LogP contribution in [0.4, 0.5) is 18.9 Å². The Labute approximate surface area is 342 Å². The Kier molecular flexibility index (Phi) is 8.35. The smallest absolute Gasteiger partial charge is 0.309 e. The summed E-state index contributed by atoms with van der Waals surface area (Å²) in [7, 11) is 0. The summed E-state index contributed by atoms with van der Waals surface area (Å²) in [6, 6.07) is 55.8. The summed E-state index contributed by atoms with van der Waals surface area (Å²) < 4.78 is 49.2. The third-order valence-corrected chi connectivity index (χ3v) is 11.3. The Bertz CT molecular complexity index is 3500. The highest BCUT2D eigenvalue weighted by atomic mass is 19.4. The van der Waals surface area contributed by atoms with Crippen molar-refractivity contribution in [3.8, 4) is 56.9 Å². The van der Waals surface area contributed by atoms with Crippen molar-refractivity contribution >= 4 is 49.3 Å². The zero-order valence-corrected chi connectivity index (χ0v) is 31.5. The topological polar surface area (TPSA) is 61.8 Å². The van der Waals surface area contributed by atoms with E-state index in [4.69, 9.17) is 6.57 Å². The number of halogens is 3. The number of aromatic nitrogens is 2. The molecule has 2 aromatic heterocycles. The van der Waals surface area contributed by atoms with E-state index in [1.165, 1.54) is 12.1 Å². The van der Waals surface area contributed by atoms with E-state index in [2.05, 4.69) is 17.0 Å². The minimum absolute atomic E-state index is 0.0263. The first-order chi connectivity index (χ1) is 29.2. The molecule has 5 nitrogen and oxygen atoms in total. The van der Waals surface area contributed by atoms with Crippen molar-refractivity contribution in [2.75, 3.05) is 0 Å². The molecule has 0 amide bonds. The van der Waals surface area contributed by atoms with Crippen LogP contribution in [0.2, 0.25) is 0 Å². The summed E-state index contributed by atoms with van der Waals surface area (Å²) in [6.07, 6.45) is -4.68. The Morgan fingerprint density at radius 3 is 1.52 bits per heavy atom. The largest absolute Gasteiger partial charge is 0.417 e. The van der Waals surface area contributed by atoms with Crippen molar-refractivity contribution in [2.45, 2.75) is 6.18 Å². The second-order valence-electron chi connectivity index (χ2n) is 14.6. The van der Waals surface area contributed by atoms with E-state index in [9.17, 15) is 10.5 Å². The third kappa shape index (κ3) is 5.77. The molecule has 0 fully saturated rings. The maximum Gasteiger partial charge on any atom is 0.417 e. The summed E-state index contributed by atoms with van der Waals surface area (Å²) in [5.41, 5.74) is 8.19. The number of nitriles is 2. The Morgan fingerprint density at radius 2 is 0.967 bits per heavy atom. The van der Waals surface area contributed by atoms with E-state index in [1.54, 1.807) is 42.5 Å². The van der Waals surface area contributed by atoms with Gasteiger partial charge in [-0.3, -0.25) is 0 Å². The zero-order valence-electron chi connectivity index (χ0n) is 31.5. The molecule has 0 radical (unpaired) electrons. The maximum absolute atomic E-state index is 15.1. The summed E-state index contributed by atoms with van der Waals surface area (Å²) in [6.45, 7) is 7.41. The second kappa shape index (κ2) is 13.9. The number of fused-ring (bicyclic) bond motifs is 6. The van der Waals surface area contributed by atoms with Gasteiger partial charge < -0.3 is 9.13 Å². The second-order valence-corrected chi connectivity index (χ2v) is 14.6. The van der Waals surface area contributed by atoms with E-state index in [1.807, 2.05) is 118 Å². The van der Waals surface area contributed by atoms with E-state index < -0.39 is 11.7 Å². The van der Waals surface area contributed by atoms with Crippen molar-refractivity contribution in [3.63, 3.8) is 0 Å². The lowest BCUT2D eigenvalue weighted by molar-refractivity contribution is -0.137. The summed E-state index contributed by atoms with van der Waals surface area (Å²) in [5, 5.41) is 24.1. The summed E-state index contributed by atoms with van der Waals surface area (Å²) in [5.74, 6) is 0. The Balaban J connectivity index is 1.31. The molecular formula is C52H28F3N5. The van der Waals surface area contributed by atoms with Crippen molar-refractivity contribution < 1.29 is 13.2 Å². The maximum atomic E-state index is 15.1. The van der Waals surface area contributed by atoms with Gasteiger partial charge in [0.05, 0.1) is 62.8 Å². The quantitative estimate of drug-likeness (QED) is 0.163. The molecule has 10 aromatic rings. The van der Waals surface area contributed by atoms with Crippen molar-refractivity contribution in [1.82, 2.24) is 9.13 Å². The predicted molar refractivity (Wildman–Crippen MR) is 232 cm³/mol. The van der Waals surface area contributed by atoms with Crippen LogP contribution in [0.15, 0.2) is 170 Å². The van der Waals surface area contributed by atoms with Crippen LogP contribution in [0.25, 0.3) is 93.2 Å². The fourth-order valence-electron chi connectivity index (χ4n) is 8.50. The number of alkyl halides is 3. The van der Waals surface area contributed by atoms with Gasteiger partial charge in [-0.15, -0.1) is 0 Å². The van der Waals surface area contributed by atoms with E-state index in [0.717, 1.165) is 71.9 Å². The number of nitrogens with zero attached hydrogens (tertiary/aromatic N) is 5. The molecule has 0 saturated heterocycles. The standard InChI is InChI=1S/C52H28F3N5/c1-58-38-22-18-34(19-23-38)36-21-25-43-41-10-4-7-13-47(41)60(50(43)27-36)51-28-37(31-57)48(29-44(51)39-8-2-5-11-45(39)52(53,54)55)59-46-12-6-3-9-40(46)42-24-20-35(26-49(42)59)33-16-14-32(30-56)15-17-33/h2-29H. The van der Waals surface area contributed by atoms with Gasteiger partial charge in [0.2, 0.25) is 0 Å². The SMILES string of the molecule is [C-]#[N+]c1ccc(-c2ccc3c4ccccc4n(-c4cc(C#N)c(-n5c6ccccc6c6ccc(-c7ccc(C#N)cc7)cc65)cc4-c4ccccc4C(F)(F)F)c3c2)cc1. The highest BCUT2D eigenvalue weighted by molar-refractivity contribution is 6.12. The highest BCUT2D eigenvalue weighted by Gasteiger charge is 2.35. The molecule has 0 spiro atoms. The average Bonchev–Trinajstić information content (AvgIpc) is 3.80. The molecule has 282 valence electrons. The van der Waals surface area contributed by atoms with Crippen LogP contribution < -0.4 is 0 Å². The van der Waals surface area contributed by atoms with Crippen molar-refractivity contribution in [1.29, 1.82) is 10.5 Å². The van der Waals surface area contributed by atoms with Gasteiger partial charge in [-0.05, 0) is 82.4 Å². The number of hydrogen-bond acceptors (Lipinski definition) is 2. The Hall–Kier alpha value is -8.38. The fourth-order valence-corrected chi connectivity index (χ4v) is 8.50. The molecule has 2 heterocycles. The monoisotopic (exact) mass is 779 g/mol. The predicted octanol–water partition coefficient (Wildman–Crippen LogP) is 14.2. The van der Waals surface area contributed by atoms with Crippen LogP contribution in [-0.2, 0) is 6.18 Å². The first-order valence-corrected chi connectivity index (χ1v) is 19.1. The molecular weight excluding hydrogens is 752 g/mol. The number of hydrogen-bond donors (Lipinski definition) is 0. The number of rotatable bonds is 5. The lowest BCUT2D eigenvalue weighted by Crippen LogP contribution is -2.09. The molecule has 0 unspecified atom stereocenters. The van der Waals surface area contributed by atoms with Gasteiger partial charge >= 0.3 is 6.18 Å². The van der Waals surface area contributed by atoms with Crippen LogP contribution in [-0.4, -0.2) is 9.13 Å². The van der Waals surface area contributed by atoms with Gasteiger partial charge in [-0.1, -0.05) is 115 Å². The first-order valence-electron chi connectivity index (χ1n) is 19.1. The minimum atomic E-state index is -4.68. The molecule has 0 aliphatic heterocycles. The van der Waals surface area contributed by atoms with E-state index in [-0.39, 0.29) is 11.1 Å². The lowest BCUT2D eigenvalue weighted by atomic mass is 9.95. The van der Waals surface area contributed by atoms with Gasteiger partial charge in [0.25, 0.3) is 0 Å². The summed E-state index contributed by atoms with van der Waals surface area (Å²) in [4.78, 5) is 3.53. The molecule has 0 bridgehead atoms. The highest BCUT2D eigenvalue weighted by Crippen LogP contribution is 2.45. The van der Waals surface area contributed by atoms with Crippen molar-refractivity contribution in [2.24, 2.45) is 0 Å². The van der Waals surface area contributed by atoms with Crippen molar-refractivity contribution in [3.05, 3.63) is 198 Å². The lowest BCUT2D eigenvalue weighted by Gasteiger charge is -2.21. The van der Waals surface area contributed by atoms with Gasteiger partial charge in [0.1, 0.15) is 6.07 Å². The molecule has 0 saturated carbocycles. The van der Waals surface area contributed by atoms with Crippen LogP contribution in [0.3, 0.4) is 0 Å². The third-order valence-electron chi connectivity index (χ3n) is 11.3. The van der Waals surface area contributed by atoms with Crippen LogP contribution in [0.5, 0.6) is 0 Å². The minimum Gasteiger partial charge on any atom is -0.309 e. The van der Waals surface area contributed by atoms with Gasteiger partial charge in [0.15, 0.2) is 5.69 Å². The number of para-hydroxylation sites is 2. The Morgan fingerprint density at radius 1 is 0.467 bits per heavy atom.